The third-order valence-corrected chi connectivity index (χ3v) is 3.80. The van der Waals surface area contributed by atoms with Gasteiger partial charge in [-0.2, -0.15) is 0 Å². The lowest BCUT2D eigenvalue weighted by atomic mass is 10.1. The van der Waals surface area contributed by atoms with Gasteiger partial charge in [-0.15, -0.1) is 0 Å². The minimum absolute atomic E-state index is 0.0672. The Kier molecular flexibility index (Phi) is 8.31. The first-order chi connectivity index (χ1) is 14.0. The molecule has 2 rings (SSSR count). The van der Waals surface area contributed by atoms with Gasteiger partial charge in [-0.3, -0.25) is 19.2 Å². The normalized spacial score (nSPS) is 10.4. The van der Waals surface area contributed by atoms with Crippen LogP contribution in [0.5, 0.6) is 0 Å². The summed E-state index contributed by atoms with van der Waals surface area (Å²) in [7, 11) is 0. The van der Waals surface area contributed by atoms with Crippen molar-refractivity contribution in [3.05, 3.63) is 71.8 Å². The van der Waals surface area contributed by atoms with Gasteiger partial charge in [0.2, 0.25) is 5.91 Å². The predicted molar refractivity (Wildman–Crippen MR) is 109 cm³/mol. The molecular weight excluding hydrogens is 372 g/mol. The van der Waals surface area contributed by atoms with E-state index in [0.717, 1.165) is 5.56 Å². The Morgan fingerprint density at radius 3 is 2.38 bits per heavy atom. The second kappa shape index (κ2) is 11.2. The van der Waals surface area contributed by atoms with E-state index < -0.39 is 18.5 Å². The molecule has 2 aromatic rings. The maximum atomic E-state index is 11.9. The topological polar surface area (TPSA) is 102 Å². The molecule has 2 amide bonds. The summed E-state index contributed by atoms with van der Waals surface area (Å²) in [5, 5.41) is 5.10. The van der Waals surface area contributed by atoms with Crippen LogP contribution in [0.15, 0.2) is 60.7 Å². The van der Waals surface area contributed by atoms with Crippen LogP contribution >= 0.6 is 0 Å². The van der Waals surface area contributed by atoms with Crippen molar-refractivity contribution in [2.24, 2.45) is 0 Å². The number of hydrogen-bond donors (Lipinski definition) is 2. The molecular formula is C22H22N2O5. The molecule has 0 bridgehead atoms. The van der Waals surface area contributed by atoms with Crippen molar-refractivity contribution in [2.45, 2.75) is 13.3 Å². The van der Waals surface area contributed by atoms with Gasteiger partial charge < -0.3 is 15.4 Å². The molecule has 0 atom stereocenters. The third-order valence-electron chi connectivity index (χ3n) is 3.80. The molecule has 0 heterocycles. The first-order valence-electron chi connectivity index (χ1n) is 9.02. The SMILES string of the molecule is CC(=O)c1ccccc1NC(=O)COC(=O)CCNC(=O)/C=C/c1ccccc1. The van der Waals surface area contributed by atoms with E-state index in [0.29, 0.717) is 11.3 Å². The van der Waals surface area contributed by atoms with Crippen LogP contribution in [0.4, 0.5) is 5.69 Å². The average molecular weight is 394 g/mol. The molecule has 0 fully saturated rings. The Bertz CT molecular complexity index is 906. The standard InChI is InChI=1S/C22H22N2O5/c1-16(25)18-9-5-6-10-19(18)24-21(27)15-29-22(28)13-14-23-20(26)12-11-17-7-3-2-4-8-17/h2-12H,13-15H2,1H3,(H,23,26)(H,24,27)/b12-11+. The number of esters is 1. The molecule has 0 aliphatic rings. The second-order valence-corrected chi connectivity index (χ2v) is 6.10. The molecule has 0 radical (unpaired) electrons. The number of amides is 2. The molecule has 0 saturated carbocycles. The summed E-state index contributed by atoms with van der Waals surface area (Å²) in [4.78, 5) is 46.9. The van der Waals surface area contributed by atoms with E-state index in [4.69, 9.17) is 4.74 Å². The summed E-state index contributed by atoms with van der Waals surface area (Å²) in [6.45, 7) is 1.01. The van der Waals surface area contributed by atoms with Crippen LogP contribution in [0.25, 0.3) is 6.08 Å². The first kappa shape index (κ1) is 21.6. The minimum Gasteiger partial charge on any atom is -0.456 e. The minimum atomic E-state index is -0.618. The summed E-state index contributed by atoms with van der Waals surface area (Å²) in [5.41, 5.74) is 1.62. The lowest BCUT2D eigenvalue weighted by Crippen LogP contribution is -2.26. The van der Waals surface area contributed by atoms with Gasteiger partial charge in [0.15, 0.2) is 12.4 Å². The zero-order valence-electron chi connectivity index (χ0n) is 16.0. The van der Waals surface area contributed by atoms with Crippen molar-refractivity contribution in [3.8, 4) is 0 Å². The smallest absolute Gasteiger partial charge is 0.308 e. The Balaban J connectivity index is 1.68. The van der Waals surface area contributed by atoms with E-state index in [1.165, 1.54) is 13.0 Å². The number of hydrogen-bond acceptors (Lipinski definition) is 5. The van der Waals surface area contributed by atoms with Crippen LogP contribution in [0.3, 0.4) is 0 Å². The number of benzene rings is 2. The number of ether oxygens (including phenoxy) is 1. The predicted octanol–water partition coefficient (Wildman–Crippen LogP) is 2.59. The molecule has 2 N–H and O–H groups in total. The fourth-order valence-electron chi connectivity index (χ4n) is 2.39. The van der Waals surface area contributed by atoms with Gasteiger partial charge in [-0.05, 0) is 30.7 Å². The van der Waals surface area contributed by atoms with E-state index >= 15 is 0 Å². The molecule has 0 aliphatic carbocycles. The van der Waals surface area contributed by atoms with Crippen molar-refractivity contribution in [2.75, 3.05) is 18.5 Å². The van der Waals surface area contributed by atoms with E-state index in [-0.39, 0.29) is 24.7 Å². The van der Waals surface area contributed by atoms with Crippen molar-refractivity contribution in [1.82, 2.24) is 5.32 Å². The van der Waals surface area contributed by atoms with E-state index in [2.05, 4.69) is 10.6 Å². The molecule has 7 heteroatoms. The molecule has 0 aromatic heterocycles. The number of Topliss-reactive ketones (excluding diaryl/α,β-unsaturated/α-hetero) is 1. The zero-order chi connectivity index (χ0) is 21.1. The molecule has 0 unspecified atom stereocenters. The Hall–Kier alpha value is -3.74. The van der Waals surface area contributed by atoms with Crippen LogP contribution < -0.4 is 10.6 Å². The quantitative estimate of drug-likeness (QED) is 0.387. The number of nitrogens with one attached hydrogen (secondary N) is 2. The van der Waals surface area contributed by atoms with Gasteiger partial charge in [-0.25, -0.2) is 0 Å². The van der Waals surface area contributed by atoms with Crippen molar-refractivity contribution in [3.63, 3.8) is 0 Å². The lowest BCUT2D eigenvalue weighted by molar-refractivity contribution is -0.147. The zero-order valence-corrected chi connectivity index (χ0v) is 16.0. The number of anilines is 1. The number of ketones is 1. The monoisotopic (exact) mass is 394 g/mol. The van der Waals surface area contributed by atoms with Gasteiger partial charge in [0.05, 0.1) is 12.1 Å². The summed E-state index contributed by atoms with van der Waals surface area (Å²) in [5.74, 6) is -1.69. The molecule has 0 saturated heterocycles. The van der Waals surface area contributed by atoms with Crippen LogP contribution in [-0.2, 0) is 19.1 Å². The highest BCUT2D eigenvalue weighted by molar-refractivity contribution is 6.04. The van der Waals surface area contributed by atoms with E-state index in [9.17, 15) is 19.2 Å². The molecule has 2 aromatic carbocycles. The highest BCUT2D eigenvalue weighted by Crippen LogP contribution is 2.15. The molecule has 0 spiro atoms. The number of rotatable bonds is 9. The van der Waals surface area contributed by atoms with E-state index in [1.807, 2.05) is 30.3 Å². The van der Waals surface area contributed by atoms with Crippen LogP contribution in [0, 0.1) is 0 Å². The van der Waals surface area contributed by atoms with Crippen molar-refractivity contribution < 1.29 is 23.9 Å². The first-order valence-corrected chi connectivity index (χ1v) is 9.02. The van der Waals surface area contributed by atoms with E-state index in [1.54, 1.807) is 30.3 Å². The largest absolute Gasteiger partial charge is 0.456 e. The van der Waals surface area contributed by atoms with Gasteiger partial charge in [0, 0.05) is 18.2 Å². The molecule has 0 aliphatic heterocycles. The maximum Gasteiger partial charge on any atom is 0.308 e. The van der Waals surface area contributed by atoms with Crippen LogP contribution in [0.2, 0.25) is 0 Å². The van der Waals surface area contributed by atoms with Crippen molar-refractivity contribution in [1.29, 1.82) is 0 Å². The summed E-state index contributed by atoms with van der Waals surface area (Å²) >= 11 is 0. The Morgan fingerprint density at radius 2 is 1.66 bits per heavy atom. The average Bonchev–Trinajstić information content (AvgIpc) is 2.72. The molecule has 150 valence electrons. The highest BCUT2D eigenvalue weighted by Gasteiger charge is 2.12. The Labute approximate surface area is 168 Å². The summed E-state index contributed by atoms with van der Waals surface area (Å²) in [6.07, 6.45) is 2.97. The molecule has 7 nitrogen and oxygen atoms in total. The van der Waals surface area contributed by atoms with Gasteiger partial charge in [0.1, 0.15) is 0 Å². The molecule has 29 heavy (non-hydrogen) atoms. The third kappa shape index (κ3) is 7.80. The van der Waals surface area contributed by atoms with Gasteiger partial charge in [0.25, 0.3) is 5.91 Å². The fourth-order valence-corrected chi connectivity index (χ4v) is 2.39. The van der Waals surface area contributed by atoms with Crippen molar-refractivity contribution >= 4 is 35.3 Å². The summed E-state index contributed by atoms with van der Waals surface area (Å²) in [6, 6.07) is 15.9. The van der Waals surface area contributed by atoms with Gasteiger partial charge in [-0.1, -0.05) is 42.5 Å². The number of para-hydroxylation sites is 1. The van der Waals surface area contributed by atoms with Crippen LogP contribution in [0.1, 0.15) is 29.3 Å². The Morgan fingerprint density at radius 1 is 0.966 bits per heavy atom. The number of carbonyl (C=O) groups excluding carboxylic acids is 4. The maximum absolute atomic E-state index is 11.9. The number of carbonyl (C=O) groups is 4. The summed E-state index contributed by atoms with van der Waals surface area (Å²) < 4.78 is 4.88. The fraction of sp³-hybridized carbons (Fsp3) is 0.182. The lowest BCUT2D eigenvalue weighted by Gasteiger charge is -2.09. The second-order valence-electron chi connectivity index (χ2n) is 6.10. The van der Waals surface area contributed by atoms with Gasteiger partial charge >= 0.3 is 5.97 Å². The highest BCUT2D eigenvalue weighted by atomic mass is 16.5. The van der Waals surface area contributed by atoms with Crippen LogP contribution in [-0.4, -0.2) is 36.7 Å².